The Bertz CT molecular complexity index is 885. The number of hydrogen-bond acceptors (Lipinski definition) is 9. The van der Waals surface area contributed by atoms with Crippen LogP contribution in [0.25, 0.3) is 11.0 Å². The largest absolute Gasteiger partial charge is 0.366 e. The molecule has 2 aliphatic rings. The van der Waals surface area contributed by atoms with E-state index < -0.39 is 5.91 Å². The molecule has 0 bridgehead atoms. The zero-order valence-corrected chi connectivity index (χ0v) is 18.5. The molecule has 0 saturated carbocycles. The van der Waals surface area contributed by atoms with E-state index in [1.54, 1.807) is 36.4 Å². The molecule has 4 N–H and O–H groups in total. The van der Waals surface area contributed by atoms with Crippen LogP contribution in [0.2, 0.25) is 0 Å². The number of imide groups is 1. The molecule has 0 radical (unpaired) electrons. The number of imidazole rings is 1. The second-order valence-electron chi connectivity index (χ2n) is 6.76. The normalized spacial score (nSPS) is 20.8. The van der Waals surface area contributed by atoms with Gasteiger partial charge in [-0.25, -0.2) is 4.98 Å². The molecular weight excluding hydrogens is 422 g/mol. The van der Waals surface area contributed by atoms with E-state index in [4.69, 9.17) is 5.41 Å². The molecule has 1 aromatic rings. The van der Waals surface area contributed by atoms with Gasteiger partial charge in [0.25, 0.3) is 5.91 Å². The summed E-state index contributed by atoms with van der Waals surface area (Å²) in [4.78, 5) is 35.8. The fourth-order valence-corrected chi connectivity index (χ4v) is 4.55. The van der Waals surface area contributed by atoms with E-state index in [2.05, 4.69) is 37.4 Å². The van der Waals surface area contributed by atoms with Crippen LogP contribution < -0.4 is 10.6 Å². The van der Waals surface area contributed by atoms with Gasteiger partial charge < -0.3 is 20.6 Å². The predicted molar refractivity (Wildman–Crippen MR) is 123 cm³/mol. The van der Waals surface area contributed by atoms with Crippen molar-refractivity contribution in [3.05, 3.63) is 41.0 Å². The third-order valence-corrected chi connectivity index (χ3v) is 6.66. The monoisotopic (exact) mass is 447 g/mol. The van der Waals surface area contributed by atoms with E-state index in [-0.39, 0.29) is 16.1 Å². The first-order valence-electron chi connectivity index (χ1n) is 9.38. The van der Waals surface area contributed by atoms with E-state index in [9.17, 15) is 9.59 Å². The van der Waals surface area contributed by atoms with Gasteiger partial charge in [-0.1, -0.05) is 11.8 Å². The van der Waals surface area contributed by atoms with E-state index in [1.165, 1.54) is 17.8 Å². The number of hydrogen-bond donors (Lipinski definition) is 4. The van der Waals surface area contributed by atoms with Crippen LogP contribution in [0, 0.1) is 5.41 Å². The van der Waals surface area contributed by atoms with Crippen LogP contribution in [-0.2, 0) is 9.59 Å². The number of nitrogens with zero attached hydrogens (tertiary/aromatic N) is 3. The van der Waals surface area contributed by atoms with Gasteiger partial charge in [0, 0.05) is 32.4 Å². The second kappa shape index (κ2) is 10.6. The number of aromatic amines is 1. The number of thioether (sulfide) groups is 2. The highest BCUT2D eigenvalue weighted by Crippen LogP contribution is 2.35. The van der Waals surface area contributed by atoms with E-state index >= 15 is 0 Å². The quantitative estimate of drug-likeness (QED) is 0.266. The van der Waals surface area contributed by atoms with Crippen LogP contribution in [0.5, 0.6) is 0 Å². The van der Waals surface area contributed by atoms with Gasteiger partial charge in [-0.05, 0) is 31.5 Å². The maximum absolute atomic E-state index is 11.7. The smallest absolute Gasteiger partial charge is 0.264 e. The molecule has 2 aliphatic heterocycles. The highest BCUT2D eigenvalue weighted by molar-refractivity contribution is 8.09. The Morgan fingerprint density at radius 1 is 1.40 bits per heavy atom. The van der Waals surface area contributed by atoms with Gasteiger partial charge in [0.05, 0.1) is 27.4 Å². The van der Waals surface area contributed by atoms with E-state index in [1.807, 2.05) is 6.20 Å². The number of nitrogens with one attached hydrogen (secondary N) is 4. The van der Waals surface area contributed by atoms with Gasteiger partial charge in [-0.2, -0.15) is 0 Å². The molecule has 160 valence electrons. The Morgan fingerprint density at radius 2 is 2.17 bits per heavy atom. The fraction of sp³-hybridized carbons (Fsp3) is 0.368. The molecule has 9 nitrogen and oxygen atoms in total. The standard InChI is InChI=1S/C19H25N7O2S2/c1-25-5-7-26(8-6-25)19-22-11-16(30-19)14-10-21-17(24-14)4-3-13(20)9-15(29-2)18(28)23-12-27/h3-4,9-12,19-20,22H,5-8H2,1-2H3,(H,21,24)(H,23,27,28)/b4-3-,15-9-,20-13?. The molecule has 2 amide bonds. The lowest BCUT2D eigenvalue weighted by atomic mass is 10.3. The summed E-state index contributed by atoms with van der Waals surface area (Å²) in [6.07, 6.45) is 10.5. The average Bonchev–Trinajstić information content (AvgIpc) is 3.40. The Morgan fingerprint density at radius 3 is 2.87 bits per heavy atom. The molecule has 0 aliphatic carbocycles. The van der Waals surface area contributed by atoms with Crippen molar-refractivity contribution in [3.63, 3.8) is 0 Å². The molecule has 0 aromatic carbocycles. The van der Waals surface area contributed by atoms with Gasteiger partial charge >= 0.3 is 0 Å². The van der Waals surface area contributed by atoms with Crippen molar-refractivity contribution in [3.8, 4) is 0 Å². The zero-order chi connectivity index (χ0) is 21.5. The van der Waals surface area contributed by atoms with Crippen LogP contribution in [-0.4, -0.2) is 82.8 Å². The first-order valence-corrected chi connectivity index (χ1v) is 11.5. The third-order valence-electron chi connectivity index (χ3n) is 4.67. The summed E-state index contributed by atoms with van der Waals surface area (Å²) in [7, 11) is 2.15. The highest BCUT2D eigenvalue weighted by atomic mass is 32.2. The van der Waals surface area contributed by atoms with Crippen LogP contribution in [0.1, 0.15) is 11.5 Å². The van der Waals surface area contributed by atoms with Crippen molar-refractivity contribution in [1.29, 1.82) is 5.41 Å². The van der Waals surface area contributed by atoms with Crippen LogP contribution in [0.3, 0.4) is 0 Å². The van der Waals surface area contributed by atoms with Crippen LogP contribution in [0.4, 0.5) is 0 Å². The molecular formula is C19H25N7O2S2. The SMILES string of the molecule is CS/C(=C\C(=N)/C=C\c1ncc(C2=CNC(N3CCN(C)CC3)S2)[nH]1)C(=O)NC=O. The van der Waals surface area contributed by atoms with Crippen LogP contribution >= 0.6 is 23.5 Å². The lowest BCUT2D eigenvalue weighted by Gasteiger charge is -2.35. The molecule has 3 rings (SSSR count). The van der Waals surface area contributed by atoms with Crippen molar-refractivity contribution in [2.75, 3.05) is 39.5 Å². The minimum atomic E-state index is -0.525. The van der Waals surface area contributed by atoms with Gasteiger partial charge in [0.15, 0.2) is 0 Å². The molecule has 1 atom stereocenters. The van der Waals surface area contributed by atoms with Crippen molar-refractivity contribution < 1.29 is 9.59 Å². The third kappa shape index (κ3) is 5.85. The van der Waals surface area contributed by atoms with Crippen molar-refractivity contribution >= 4 is 52.5 Å². The number of aromatic nitrogens is 2. The maximum Gasteiger partial charge on any atom is 0.264 e. The Kier molecular flexibility index (Phi) is 7.91. The number of carbonyl (C=O) groups excluding carboxylic acids is 2. The first kappa shape index (κ1) is 22.3. The summed E-state index contributed by atoms with van der Waals surface area (Å²) in [6, 6.07) is 0. The van der Waals surface area contributed by atoms with E-state index in [0.29, 0.717) is 12.2 Å². The Labute approximate surface area is 183 Å². The molecule has 11 heteroatoms. The maximum atomic E-state index is 11.7. The van der Waals surface area contributed by atoms with E-state index in [0.717, 1.165) is 36.8 Å². The highest BCUT2D eigenvalue weighted by Gasteiger charge is 2.27. The fourth-order valence-electron chi connectivity index (χ4n) is 2.96. The van der Waals surface area contributed by atoms with Gasteiger partial charge in [0.2, 0.25) is 6.41 Å². The molecule has 1 aromatic heterocycles. The molecule has 3 heterocycles. The van der Waals surface area contributed by atoms with Gasteiger partial charge in [-0.3, -0.25) is 19.8 Å². The molecule has 1 saturated heterocycles. The Hall–Kier alpha value is -2.34. The summed E-state index contributed by atoms with van der Waals surface area (Å²) in [5.41, 5.74) is 1.28. The van der Waals surface area contributed by atoms with Gasteiger partial charge in [-0.15, -0.1) is 11.8 Å². The number of rotatable bonds is 8. The summed E-state index contributed by atoms with van der Waals surface area (Å²) < 4.78 is 0. The number of H-pyrrole nitrogens is 1. The summed E-state index contributed by atoms with van der Waals surface area (Å²) in [5.74, 6) is 0.0966. The summed E-state index contributed by atoms with van der Waals surface area (Å²) >= 11 is 2.93. The van der Waals surface area contributed by atoms with Crippen molar-refractivity contribution in [2.24, 2.45) is 0 Å². The summed E-state index contributed by atoms with van der Waals surface area (Å²) in [6.45, 7) is 4.22. The van der Waals surface area contributed by atoms with Gasteiger partial charge in [0.1, 0.15) is 11.3 Å². The zero-order valence-electron chi connectivity index (χ0n) is 16.8. The second-order valence-corrected chi connectivity index (χ2v) is 8.73. The lowest BCUT2D eigenvalue weighted by molar-refractivity contribution is -0.121. The molecule has 0 spiro atoms. The lowest BCUT2D eigenvalue weighted by Crippen LogP contribution is -2.50. The Balaban J connectivity index is 1.57. The minimum absolute atomic E-state index is 0.129. The van der Waals surface area contributed by atoms with Crippen molar-refractivity contribution in [2.45, 2.75) is 5.50 Å². The molecule has 1 fully saturated rings. The predicted octanol–water partition coefficient (Wildman–Crippen LogP) is 1.13. The molecule has 1 unspecified atom stereocenters. The number of allylic oxidation sites excluding steroid dienone is 2. The van der Waals surface area contributed by atoms with Crippen molar-refractivity contribution in [1.82, 2.24) is 30.4 Å². The average molecular weight is 448 g/mol. The molecule has 30 heavy (non-hydrogen) atoms. The number of likely N-dealkylation sites (N-methyl/N-ethyl adjacent to an activating group) is 1. The number of amides is 2. The number of carbonyl (C=O) groups is 2. The first-order chi connectivity index (χ1) is 14.5. The minimum Gasteiger partial charge on any atom is -0.366 e. The van der Waals surface area contributed by atoms with Crippen LogP contribution in [0.15, 0.2) is 29.5 Å². The number of piperazine rings is 1. The topological polar surface area (TPSA) is 117 Å². The summed E-state index contributed by atoms with van der Waals surface area (Å²) in [5, 5.41) is 13.5.